The van der Waals surface area contributed by atoms with Crippen LogP contribution in [-0.2, 0) is 39.6 Å². The molecule has 332 valence electrons. The minimum absolute atomic E-state index is 0.155. The number of rotatable bonds is 32. The molecule has 0 spiro atoms. The molecule has 0 atom stereocenters. The minimum atomic E-state index is 0.155. The fourth-order valence-corrected chi connectivity index (χ4v) is 5.97. The minimum Gasteiger partial charge on any atom is -0.496 e. The van der Waals surface area contributed by atoms with Gasteiger partial charge in [-0.15, -0.1) is 0 Å². The summed E-state index contributed by atoms with van der Waals surface area (Å²) in [5.41, 5.74) is 10.6. The number of nitrogens with zero attached hydrogens (tertiary/aromatic N) is 2. The number of ether oxygens (including phenoxy) is 7. The highest BCUT2D eigenvalue weighted by Crippen LogP contribution is 2.34. The van der Waals surface area contributed by atoms with Gasteiger partial charge in [-0.05, 0) is 86.8 Å². The summed E-state index contributed by atoms with van der Waals surface area (Å²) >= 11 is 0. The predicted molar refractivity (Wildman–Crippen MR) is 242 cm³/mol. The maximum atomic E-state index is 12.5. The van der Waals surface area contributed by atoms with Crippen molar-refractivity contribution in [2.45, 2.75) is 51.9 Å². The third-order valence-electron chi connectivity index (χ3n) is 9.23. The Kier molecular flexibility index (Phi) is 25.0. The molecule has 4 aromatic carbocycles. The molecule has 1 aromatic heterocycles. The van der Waals surface area contributed by atoms with Crippen molar-refractivity contribution in [2.24, 2.45) is 16.0 Å². The average molecular weight is 843 g/mol. The van der Waals surface area contributed by atoms with Crippen LogP contribution in [0.1, 0.15) is 51.0 Å². The molecule has 61 heavy (non-hydrogen) atoms. The van der Waals surface area contributed by atoms with Crippen LogP contribution >= 0.6 is 0 Å². The molecule has 0 unspecified atom stereocenters. The van der Waals surface area contributed by atoms with Crippen molar-refractivity contribution >= 4 is 44.8 Å². The molecule has 3 N–H and O–H groups in total. The molecule has 13 heteroatoms. The van der Waals surface area contributed by atoms with Gasteiger partial charge in [0.25, 0.3) is 0 Å². The Morgan fingerprint density at radius 3 is 1.79 bits per heavy atom. The van der Waals surface area contributed by atoms with Crippen LogP contribution < -0.4 is 15.8 Å². The highest BCUT2D eigenvalue weighted by atomic mass is 16.5. The molecular weight excluding hydrogens is 777 g/mol. The summed E-state index contributed by atoms with van der Waals surface area (Å²) in [5, 5.41) is 13.9. The third kappa shape index (κ3) is 20.1. The monoisotopic (exact) mass is 842 g/mol. The van der Waals surface area contributed by atoms with Gasteiger partial charge >= 0.3 is 0 Å². The number of hydrogen-bond acceptors (Lipinski definition) is 13. The zero-order valence-corrected chi connectivity index (χ0v) is 36.2. The van der Waals surface area contributed by atoms with Crippen molar-refractivity contribution in [1.29, 1.82) is 0 Å². The summed E-state index contributed by atoms with van der Waals surface area (Å²) in [7, 11) is 1.63. The highest BCUT2D eigenvalue weighted by Gasteiger charge is 2.14. The van der Waals surface area contributed by atoms with Gasteiger partial charge in [0, 0.05) is 67.8 Å². The number of carbonyl (C=O) groups excluding carboxylic acids is 1. The van der Waals surface area contributed by atoms with Crippen LogP contribution in [0, 0.1) is 0 Å². The molecule has 0 radical (unpaired) electrons. The Labute approximate surface area is 361 Å². The molecule has 0 fully saturated rings. The van der Waals surface area contributed by atoms with Gasteiger partial charge in [-0.2, -0.15) is 10.2 Å². The number of Topliss-reactive ketones (excluding diaryl/α,β-unsaturated/α-hetero) is 1. The van der Waals surface area contributed by atoms with Gasteiger partial charge in [-0.1, -0.05) is 49.7 Å². The van der Waals surface area contributed by atoms with Gasteiger partial charge in [0.1, 0.15) is 22.7 Å². The summed E-state index contributed by atoms with van der Waals surface area (Å²) in [5.74, 6) is 0.868. The van der Waals surface area contributed by atoms with Crippen molar-refractivity contribution in [3.8, 4) is 5.75 Å². The number of furan rings is 1. The van der Waals surface area contributed by atoms with Gasteiger partial charge in [-0.25, -0.2) is 0 Å². The fourth-order valence-electron chi connectivity index (χ4n) is 5.97. The SMILES string of the molecule is CCCCOCCOCCOCCCC(=O)Cc1cc2oc3ccccc3c2cc1OC.NCCCOCCOCCOCCCNc1ccc(N=Nc2ccccc2)cc1. The van der Waals surface area contributed by atoms with Crippen LogP contribution in [0.2, 0.25) is 0 Å². The van der Waals surface area contributed by atoms with Crippen LogP contribution in [0.15, 0.2) is 106 Å². The normalized spacial score (nSPS) is 11.3. The number of para-hydroxylation sites is 1. The van der Waals surface area contributed by atoms with Crippen molar-refractivity contribution in [3.63, 3.8) is 0 Å². The van der Waals surface area contributed by atoms with Crippen molar-refractivity contribution < 1.29 is 42.4 Å². The molecule has 0 amide bonds. The van der Waals surface area contributed by atoms with Crippen LogP contribution in [0.3, 0.4) is 0 Å². The number of anilines is 1. The lowest BCUT2D eigenvalue weighted by Crippen LogP contribution is -2.12. The number of ketones is 1. The standard InChI is InChI=1S/C26H34O6.C22H32N4O3/c1-3-4-11-29-13-15-31-16-14-30-12-7-8-21(27)17-20-18-26-23(19-25(20)28-2)22-9-5-6-10-24(22)32-26;23-12-4-14-27-16-18-29-19-17-28-15-5-13-24-20-8-10-22(11-9-20)26-25-21-6-2-1-3-7-21/h5-6,9-10,18-19H,3-4,7-8,11-17H2,1-2H3;1-3,6-11,24H,4-5,12-19,23H2. The lowest BCUT2D eigenvalue weighted by Gasteiger charge is -2.09. The second kappa shape index (κ2) is 31.2. The van der Waals surface area contributed by atoms with E-state index in [1.807, 2.05) is 91.0 Å². The smallest absolute Gasteiger partial charge is 0.137 e. The van der Waals surface area contributed by atoms with Crippen LogP contribution in [0.25, 0.3) is 21.9 Å². The number of nitrogens with one attached hydrogen (secondary N) is 1. The first-order chi connectivity index (χ1) is 30.1. The maximum absolute atomic E-state index is 12.5. The molecule has 1 heterocycles. The number of unbranched alkanes of at least 4 members (excludes halogenated alkanes) is 1. The van der Waals surface area contributed by atoms with Crippen molar-refractivity contribution in [3.05, 3.63) is 96.6 Å². The van der Waals surface area contributed by atoms with Gasteiger partial charge in [0.05, 0.1) is 71.3 Å². The molecule has 0 aliphatic heterocycles. The highest BCUT2D eigenvalue weighted by molar-refractivity contribution is 6.05. The zero-order chi connectivity index (χ0) is 43.0. The number of fused-ring (bicyclic) bond motifs is 3. The van der Waals surface area contributed by atoms with Gasteiger partial charge in [0.15, 0.2) is 0 Å². The average Bonchev–Trinajstić information content (AvgIpc) is 3.65. The molecule has 5 aromatic rings. The van der Waals surface area contributed by atoms with Crippen molar-refractivity contribution in [1.82, 2.24) is 0 Å². The van der Waals surface area contributed by atoms with E-state index < -0.39 is 0 Å². The lowest BCUT2D eigenvalue weighted by molar-refractivity contribution is -0.118. The van der Waals surface area contributed by atoms with E-state index >= 15 is 0 Å². The van der Waals surface area contributed by atoms with E-state index in [1.165, 1.54) is 0 Å². The van der Waals surface area contributed by atoms with E-state index in [0.717, 1.165) is 83.4 Å². The topological polar surface area (TPSA) is 158 Å². The summed E-state index contributed by atoms with van der Waals surface area (Å²) in [6.45, 7) is 11.1. The third-order valence-corrected chi connectivity index (χ3v) is 9.23. The van der Waals surface area contributed by atoms with E-state index in [9.17, 15) is 4.79 Å². The van der Waals surface area contributed by atoms with E-state index in [0.29, 0.717) is 104 Å². The summed E-state index contributed by atoms with van der Waals surface area (Å²) in [6, 6.07) is 29.4. The van der Waals surface area contributed by atoms with Crippen molar-refractivity contribution in [2.75, 3.05) is 105 Å². The Hall–Kier alpha value is -4.73. The van der Waals surface area contributed by atoms with Gasteiger partial charge in [0.2, 0.25) is 0 Å². The summed E-state index contributed by atoms with van der Waals surface area (Å²) in [6.07, 6.45) is 5.52. The Balaban J connectivity index is 0.000000270. The first-order valence-corrected chi connectivity index (χ1v) is 21.6. The number of methoxy groups -OCH3 is 1. The predicted octanol–water partition coefficient (Wildman–Crippen LogP) is 9.64. The number of carbonyl (C=O) groups is 1. The molecule has 0 saturated heterocycles. The molecule has 0 bridgehead atoms. The van der Waals surface area contributed by atoms with Crippen LogP contribution in [0.5, 0.6) is 5.75 Å². The second-order valence-corrected chi connectivity index (χ2v) is 14.1. The quantitative estimate of drug-likeness (QED) is 0.0314. The second-order valence-electron chi connectivity index (χ2n) is 14.1. The number of azo groups is 1. The van der Waals surface area contributed by atoms with E-state index in [2.05, 4.69) is 22.5 Å². The Morgan fingerprint density at radius 2 is 1.16 bits per heavy atom. The molecule has 0 aliphatic carbocycles. The maximum Gasteiger partial charge on any atom is 0.137 e. The van der Waals surface area contributed by atoms with Gasteiger partial charge in [-0.3, -0.25) is 4.79 Å². The lowest BCUT2D eigenvalue weighted by atomic mass is 10.0. The largest absolute Gasteiger partial charge is 0.496 e. The van der Waals surface area contributed by atoms with Crippen LogP contribution in [-0.4, -0.2) is 105 Å². The number of nitrogens with two attached hydrogens (primary N) is 1. The summed E-state index contributed by atoms with van der Waals surface area (Å²) in [4.78, 5) is 12.5. The Bertz CT molecular complexity index is 1920. The number of benzene rings is 4. The molecule has 13 nitrogen and oxygen atoms in total. The van der Waals surface area contributed by atoms with E-state index in [4.69, 9.17) is 43.3 Å². The van der Waals surface area contributed by atoms with Gasteiger partial charge < -0.3 is 48.6 Å². The zero-order valence-electron chi connectivity index (χ0n) is 36.2. The molecule has 5 rings (SSSR count). The number of hydrogen-bond donors (Lipinski definition) is 2. The Morgan fingerprint density at radius 1 is 0.607 bits per heavy atom. The van der Waals surface area contributed by atoms with Crippen LogP contribution in [0.4, 0.5) is 17.1 Å². The molecule has 0 aliphatic rings. The van der Waals surface area contributed by atoms with E-state index in [-0.39, 0.29) is 5.78 Å². The summed E-state index contributed by atoms with van der Waals surface area (Å²) < 4.78 is 44.3. The first-order valence-electron chi connectivity index (χ1n) is 21.6. The first kappa shape index (κ1) is 48.9. The van der Waals surface area contributed by atoms with E-state index in [1.54, 1.807) is 7.11 Å². The molecule has 0 saturated carbocycles. The fraction of sp³-hybridized carbons (Fsp3) is 0.479. The molecular formula is C48H66N4O9.